The van der Waals surface area contributed by atoms with Crippen LogP contribution in [0.25, 0.3) is 4.85 Å². The molecule has 1 rings (SSSR count). The minimum atomic E-state index is -0.688. The number of rotatable bonds is 1. The molecular weight excluding hydrogens is 196 g/mol. The Labute approximate surface area is 77.6 Å². The average Bonchev–Trinajstić information content (AvgIpc) is 2.46. The van der Waals surface area contributed by atoms with Gasteiger partial charge in [-0.3, -0.25) is 4.79 Å². The van der Waals surface area contributed by atoms with Gasteiger partial charge < -0.3 is 0 Å². The van der Waals surface area contributed by atoms with Gasteiger partial charge in [0.1, 0.15) is 0 Å². The third-order valence-electron chi connectivity index (χ3n) is 1.18. The molecule has 0 fully saturated rings. The van der Waals surface area contributed by atoms with Crippen molar-refractivity contribution in [3.8, 4) is 6.07 Å². The number of nitriles is 1. The van der Waals surface area contributed by atoms with Crippen molar-refractivity contribution in [3.05, 3.63) is 27.2 Å². The number of hydrogen-bond acceptors (Lipinski definition) is 3. The van der Waals surface area contributed by atoms with Crippen LogP contribution in [-0.4, -0.2) is 5.24 Å². The van der Waals surface area contributed by atoms with Crippen LogP contribution in [0, 0.1) is 17.9 Å². The summed E-state index contributed by atoms with van der Waals surface area (Å²) in [4.78, 5) is 13.9. The van der Waals surface area contributed by atoms with Crippen LogP contribution in [0.2, 0.25) is 0 Å². The van der Waals surface area contributed by atoms with E-state index in [1.807, 2.05) is 0 Å². The zero-order chi connectivity index (χ0) is 9.14. The molecule has 0 aliphatic heterocycles. The maximum atomic E-state index is 10.7. The highest BCUT2D eigenvalue weighted by atomic mass is 35.5. The quantitative estimate of drug-likeness (QED) is 0.512. The molecule has 12 heavy (non-hydrogen) atoms. The Balaban J connectivity index is 3.38. The normalized spacial score (nSPS) is 8.58. The Bertz CT molecular complexity index is 410. The first kappa shape index (κ1) is 8.73. The van der Waals surface area contributed by atoms with Crippen LogP contribution in [0.5, 0.6) is 0 Å². The molecule has 0 bridgehead atoms. The SMILES string of the molecule is [C-]#[N+]c1csc(C(=O)Cl)c1C#N. The molecule has 0 aliphatic carbocycles. The maximum absolute atomic E-state index is 10.7. The van der Waals surface area contributed by atoms with Gasteiger partial charge in [0.25, 0.3) is 5.24 Å². The third-order valence-corrected chi connectivity index (χ3v) is 2.45. The van der Waals surface area contributed by atoms with Crippen molar-refractivity contribution in [2.75, 3.05) is 0 Å². The standard InChI is InChI=1S/C7HClN2OS/c1-10-5-3-12-6(7(8)11)4(5)2-9/h3H. The van der Waals surface area contributed by atoms with Crippen molar-refractivity contribution in [2.45, 2.75) is 0 Å². The zero-order valence-corrected chi connectivity index (χ0v) is 7.24. The second-order valence-corrected chi connectivity index (χ2v) is 3.05. The summed E-state index contributed by atoms with van der Waals surface area (Å²) in [6, 6.07) is 1.77. The zero-order valence-electron chi connectivity index (χ0n) is 5.67. The molecule has 5 heteroatoms. The summed E-state index contributed by atoms with van der Waals surface area (Å²) in [5, 5.41) is 9.33. The van der Waals surface area contributed by atoms with Crippen molar-refractivity contribution >= 4 is 33.9 Å². The molecule has 0 unspecified atom stereocenters. The molecule has 1 aromatic heterocycles. The lowest BCUT2D eigenvalue weighted by atomic mass is 10.2. The molecule has 0 amide bonds. The van der Waals surface area contributed by atoms with Crippen molar-refractivity contribution in [2.24, 2.45) is 0 Å². The predicted octanol–water partition coefficient (Wildman–Crippen LogP) is 2.55. The van der Waals surface area contributed by atoms with Gasteiger partial charge >= 0.3 is 0 Å². The molecule has 3 nitrogen and oxygen atoms in total. The fourth-order valence-corrected chi connectivity index (χ4v) is 1.67. The first-order valence-corrected chi connectivity index (χ1v) is 4.05. The molecule has 0 N–H and O–H groups in total. The number of hydrogen-bond donors (Lipinski definition) is 0. The van der Waals surface area contributed by atoms with Gasteiger partial charge in [0.15, 0.2) is 0 Å². The molecule has 1 heterocycles. The van der Waals surface area contributed by atoms with Crippen LogP contribution in [0.4, 0.5) is 5.69 Å². The van der Waals surface area contributed by atoms with Gasteiger partial charge in [-0.05, 0) is 17.0 Å². The van der Waals surface area contributed by atoms with Crippen molar-refractivity contribution in [1.82, 2.24) is 0 Å². The molecule has 0 aromatic carbocycles. The van der Waals surface area contributed by atoms with Gasteiger partial charge in [0, 0.05) is 0 Å². The third kappa shape index (κ3) is 1.31. The van der Waals surface area contributed by atoms with E-state index in [1.165, 1.54) is 5.38 Å². The van der Waals surface area contributed by atoms with Gasteiger partial charge in [0.2, 0.25) is 5.69 Å². The summed E-state index contributed by atoms with van der Waals surface area (Å²) in [7, 11) is 0. The maximum Gasteiger partial charge on any atom is 0.262 e. The van der Waals surface area contributed by atoms with E-state index in [1.54, 1.807) is 6.07 Å². The second-order valence-electron chi connectivity index (χ2n) is 1.82. The lowest BCUT2D eigenvalue weighted by Crippen LogP contribution is -1.85. The summed E-state index contributed by atoms with van der Waals surface area (Å²) in [6.07, 6.45) is 0. The van der Waals surface area contributed by atoms with Crippen molar-refractivity contribution < 1.29 is 4.79 Å². The molecule has 1 aromatic rings. The van der Waals surface area contributed by atoms with Crippen molar-refractivity contribution in [3.63, 3.8) is 0 Å². The molecule has 0 spiro atoms. The van der Waals surface area contributed by atoms with E-state index >= 15 is 0 Å². The Hall–Kier alpha value is -1.36. The summed E-state index contributed by atoms with van der Waals surface area (Å²) in [5.41, 5.74) is 0.265. The molecule has 58 valence electrons. The number of nitrogens with zero attached hydrogens (tertiary/aromatic N) is 2. The largest absolute Gasteiger partial charge is 0.275 e. The lowest BCUT2D eigenvalue weighted by Gasteiger charge is -1.86. The van der Waals surface area contributed by atoms with E-state index in [-0.39, 0.29) is 16.1 Å². The molecular formula is C7HClN2OS. The Morgan fingerprint density at radius 1 is 1.83 bits per heavy atom. The first-order chi connectivity index (χ1) is 5.70. The van der Waals surface area contributed by atoms with Crippen LogP contribution in [0.1, 0.15) is 15.2 Å². The monoisotopic (exact) mass is 196 g/mol. The smallest absolute Gasteiger partial charge is 0.262 e. The van der Waals surface area contributed by atoms with Crippen LogP contribution in [0.3, 0.4) is 0 Å². The van der Waals surface area contributed by atoms with Crippen LogP contribution >= 0.6 is 22.9 Å². The van der Waals surface area contributed by atoms with Gasteiger partial charge in [-0.25, -0.2) is 4.85 Å². The molecule has 0 saturated carbocycles. The van der Waals surface area contributed by atoms with Crippen LogP contribution in [-0.2, 0) is 0 Å². The predicted molar refractivity (Wildman–Crippen MR) is 45.5 cm³/mol. The van der Waals surface area contributed by atoms with E-state index in [0.29, 0.717) is 0 Å². The van der Waals surface area contributed by atoms with E-state index < -0.39 is 5.24 Å². The Kier molecular flexibility index (Phi) is 2.44. The second kappa shape index (κ2) is 3.36. The van der Waals surface area contributed by atoms with E-state index in [2.05, 4.69) is 4.85 Å². The average molecular weight is 197 g/mol. The molecule has 0 radical (unpaired) electrons. The van der Waals surface area contributed by atoms with Gasteiger partial charge in [0.05, 0.1) is 23.1 Å². The number of thiophene rings is 1. The first-order valence-electron chi connectivity index (χ1n) is 2.79. The van der Waals surface area contributed by atoms with E-state index in [0.717, 1.165) is 11.3 Å². The Morgan fingerprint density at radius 2 is 2.50 bits per heavy atom. The molecule has 0 atom stereocenters. The van der Waals surface area contributed by atoms with Gasteiger partial charge in [-0.15, -0.1) is 0 Å². The summed E-state index contributed by atoms with van der Waals surface area (Å²) < 4.78 is 0. The summed E-state index contributed by atoms with van der Waals surface area (Å²) in [5.74, 6) is 0. The minimum Gasteiger partial charge on any atom is -0.275 e. The van der Waals surface area contributed by atoms with E-state index in [4.69, 9.17) is 23.4 Å². The fraction of sp³-hybridized carbons (Fsp3) is 0. The number of carbonyl (C=O) groups excluding carboxylic acids is 1. The minimum absolute atomic E-state index is 0.0787. The topological polar surface area (TPSA) is 45.2 Å². The highest BCUT2D eigenvalue weighted by molar-refractivity contribution is 7.14. The summed E-state index contributed by atoms with van der Waals surface area (Å²) in [6.45, 7) is 6.67. The van der Waals surface area contributed by atoms with Crippen LogP contribution < -0.4 is 0 Å². The molecule has 0 aliphatic rings. The fourth-order valence-electron chi connectivity index (χ4n) is 0.684. The van der Waals surface area contributed by atoms with Gasteiger partial charge in [-0.2, -0.15) is 16.6 Å². The highest BCUT2D eigenvalue weighted by Gasteiger charge is 2.15. The number of carbonyl (C=O) groups is 1. The van der Waals surface area contributed by atoms with E-state index in [9.17, 15) is 4.79 Å². The van der Waals surface area contributed by atoms with Gasteiger partial charge in [-0.1, -0.05) is 0 Å². The van der Waals surface area contributed by atoms with Crippen molar-refractivity contribution in [1.29, 1.82) is 5.26 Å². The number of halogens is 1. The Morgan fingerprint density at radius 3 is 2.92 bits per heavy atom. The summed E-state index contributed by atoms with van der Waals surface area (Å²) >= 11 is 6.19. The van der Waals surface area contributed by atoms with Crippen LogP contribution in [0.15, 0.2) is 5.38 Å². The highest BCUT2D eigenvalue weighted by Crippen LogP contribution is 2.29. The molecule has 0 saturated heterocycles. The lowest BCUT2D eigenvalue weighted by molar-refractivity contribution is 0.108.